The molecule has 2 amide bonds. The number of hydrogen-bond acceptors (Lipinski definition) is 4. The lowest BCUT2D eigenvalue weighted by molar-refractivity contribution is -0.134. The van der Waals surface area contributed by atoms with Gasteiger partial charge in [0.1, 0.15) is 11.2 Å². The van der Waals surface area contributed by atoms with Crippen molar-refractivity contribution in [1.82, 2.24) is 14.8 Å². The lowest BCUT2D eigenvalue weighted by Crippen LogP contribution is -2.64. The molecule has 4 heterocycles. The third kappa shape index (κ3) is 3.28. The third-order valence-electron chi connectivity index (χ3n) is 6.78. The second kappa shape index (κ2) is 7.54. The first-order chi connectivity index (χ1) is 14.5. The van der Waals surface area contributed by atoms with Crippen molar-refractivity contribution in [2.75, 3.05) is 0 Å². The second-order valence-electron chi connectivity index (χ2n) is 8.96. The molecule has 0 aromatic carbocycles. The summed E-state index contributed by atoms with van der Waals surface area (Å²) in [7, 11) is 0. The zero-order valence-electron chi connectivity index (χ0n) is 17.4. The molecule has 1 fully saturated rings. The Morgan fingerprint density at radius 3 is 2.73 bits per heavy atom. The van der Waals surface area contributed by atoms with Crippen LogP contribution in [0.25, 0.3) is 10.2 Å². The highest BCUT2D eigenvalue weighted by Crippen LogP contribution is 2.36. The van der Waals surface area contributed by atoms with Crippen LogP contribution in [-0.2, 0) is 17.9 Å². The lowest BCUT2D eigenvalue weighted by atomic mass is 9.86. The average Bonchev–Trinajstić information content (AvgIpc) is 3.45. The molecule has 0 spiro atoms. The van der Waals surface area contributed by atoms with Crippen LogP contribution < -0.4 is 5.32 Å². The van der Waals surface area contributed by atoms with Gasteiger partial charge >= 0.3 is 0 Å². The first-order valence-electron chi connectivity index (χ1n) is 10.7. The van der Waals surface area contributed by atoms with Gasteiger partial charge in [0.2, 0.25) is 5.91 Å². The molecule has 5 rings (SSSR count). The van der Waals surface area contributed by atoms with Crippen LogP contribution in [0.3, 0.4) is 0 Å². The van der Waals surface area contributed by atoms with Gasteiger partial charge in [0, 0.05) is 10.9 Å². The number of thiophene rings is 2. The van der Waals surface area contributed by atoms with Crippen LogP contribution in [0.1, 0.15) is 54.9 Å². The smallest absolute Gasteiger partial charge is 0.271 e. The minimum absolute atomic E-state index is 0.0327. The third-order valence-corrected chi connectivity index (χ3v) is 8.50. The molecule has 1 N–H and O–H groups in total. The second-order valence-corrected chi connectivity index (χ2v) is 10.9. The van der Waals surface area contributed by atoms with Gasteiger partial charge in [-0.3, -0.25) is 9.59 Å². The molecule has 0 radical (unpaired) electrons. The van der Waals surface area contributed by atoms with Gasteiger partial charge < -0.3 is 14.8 Å². The average molecular weight is 442 g/mol. The number of nitrogens with one attached hydrogen (secondary N) is 1. The van der Waals surface area contributed by atoms with Crippen molar-refractivity contribution in [2.24, 2.45) is 5.92 Å². The van der Waals surface area contributed by atoms with Crippen LogP contribution in [0.5, 0.6) is 0 Å². The predicted molar refractivity (Wildman–Crippen MR) is 122 cm³/mol. The van der Waals surface area contributed by atoms with Gasteiger partial charge in [-0.25, -0.2) is 0 Å². The van der Waals surface area contributed by atoms with Crippen molar-refractivity contribution in [2.45, 2.75) is 64.2 Å². The molecule has 30 heavy (non-hydrogen) atoms. The highest BCUT2D eigenvalue weighted by atomic mass is 32.1. The highest BCUT2D eigenvalue weighted by molar-refractivity contribution is 7.17. The monoisotopic (exact) mass is 441 g/mol. The fourth-order valence-corrected chi connectivity index (χ4v) is 6.34. The van der Waals surface area contributed by atoms with E-state index in [1.165, 1.54) is 0 Å². The van der Waals surface area contributed by atoms with Gasteiger partial charge in [-0.15, -0.1) is 22.7 Å². The van der Waals surface area contributed by atoms with Gasteiger partial charge in [-0.05, 0) is 67.5 Å². The van der Waals surface area contributed by atoms with E-state index in [0.29, 0.717) is 18.8 Å². The topological polar surface area (TPSA) is 54.3 Å². The molecule has 3 aromatic rings. The Kier molecular flexibility index (Phi) is 4.98. The molecule has 0 unspecified atom stereocenters. The molecule has 2 aliphatic rings. The number of rotatable bonds is 4. The molecule has 7 heteroatoms. The lowest BCUT2D eigenvalue weighted by Gasteiger charge is -2.44. The first-order valence-corrected chi connectivity index (χ1v) is 12.4. The van der Waals surface area contributed by atoms with Gasteiger partial charge in [-0.2, -0.15) is 0 Å². The summed E-state index contributed by atoms with van der Waals surface area (Å²) >= 11 is 3.26. The zero-order chi connectivity index (χ0) is 20.9. The van der Waals surface area contributed by atoms with Gasteiger partial charge in [0.15, 0.2) is 0 Å². The highest BCUT2D eigenvalue weighted by Gasteiger charge is 2.48. The largest absolute Gasteiger partial charge is 0.351 e. The van der Waals surface area contributed by atoms with E-state index in [4.69, 9.17) is 0 Å². The molecule has 158 valence electrons. The Morgan fingerprint density at radius 1 is 1.20 bits per heavy atom. The fraction of sp³-hybridized carbons (Fsp3) is 0.478. The van der Waals surface area contributed by atoms with Crippen molar-refractivity contribution in [3.05, 3.63) is 45.6 Å². The minimum Gasteiger partial charge on any atom is -0.351 e. The van der Waals surface area contributed by atoms with E-state index in [-0.39, 0.29) is 17.9 Å². The van der Waals surface area contributed by atoms with E-state index in [1.807, 2.05) is 46.5 Å². The van der Waals surface area contributed by atoms with E-state index < -0.39 is 5.54 Å². The summed E-state index contributed by atoms with van der Waals surface area (Å²) in [5.74, 6) is 0.636. The summed E-state index contributed by atoms with van der Waals surface area (Å²) in [4.78, 5) is 30.1. The normalized spacial score (nSPS) is 26.7. The van der Waals surface area contributed by atoms with Crippen LogP contribution >= 0.6 is 22.7 Å². The maximum absolute atomic E-state index is 13.6. The molecule has 1 saturated carbocycles. The minimum atomic E-state index is -0.926. The van der Waals surface area contributed by atoms with Crippen LogP contribution in [0.2, 0.25) is 0 Å². The molecule has 0 saturated heterocycles. The number of carbonyl (C=O) groups is 2. The zero-order valence-corrected chi connectivity index (χ0v) is 19.0. The Balaban J connectivity index is 1.50. The van der Waals surface area contributed by atoms with Crippen LogP contribution in [0, 0.1) is 5.92 Å². The number of nitrogens with zero attached hydrogens (tertiary/aromatic N) is 2. The standard InChI is InChI=1S/C23H27N3O2S2/c1-15-5-7-16(8-6-15)24-22(28)23(2)14-25-18-9-11-30-20(18)12-19(25)21(27)26(23)13-17-4-3-10-29-17/h3-4,9-12,15-16H,5-8,13-14H2,1-2H3,(H,24,28)/t15?,16?,23-/m1/s1. The molecule has 3 aromatic heterocycles. The molecular weight excluding hydrogens is 414 g/mol. The maximum atomic E-state index is 13.6. The first kappa shape index (κ1) is 19.8. The Bertz CT molecular complexity index is 1080. The fourth-order valence-electron chi connectivity index (χ4n) is 4.82. The Morgan fingerprint density at radius 2 is 2.00 bits per heavy atom. The SMILES string of the molecule is CC1CCC(NC(=O)[C@@]2(C)Cn3c(cc4sccc43)C(=O)N2Cc2cccs2)CC1. The maximum Gasteiger partial charge on any atom is 0.271 e. The molecule has 1 aliphatic heterocycles. The summed E-state index contributed by atoms with van der Waals surface area (Å²) < 4.78 is 3.14. The molecular formula is C23H27N3O2S2. The summed E-state index contributed by atoms with van der Waals surface area (Å²) in [5.41, 5.74) is 0.806. The quantitative estimate of drug-likeness (QED) is 0.628. The van der Waals surface area contributed by atoms with Gasteiger partial charge in [-0.1, -0.05) is 13.0 Å². The number of amides is 2. The van der Waals surface area contributed by atoms with Crippen molar-refractivity contribution in [3.63, 3.8) is 0 Å². The number of hydrogen-bond donors (Lipinski definition) is 1. The van der Waals surface area contributed by atoms with Crippen molar-refractivity contribution in [1.29, 1.82) is 0 Å². The van der Waals surface area contributed by atoms with Crippen molar-refractivity contribution >= 4 is 44.7 Å². The van der Waals surface area contributed by atoms with Crippen molar-refractivity contribution in [3.8, 4) is 0 Å². The Labute approximate surface area is 184 Å². The molecule has 5 nitrogen and oxygen atoms in total. The van der Waals surface area contributed by atoms with Crippen LogP contribution in [-0.4, -0.2) is 32.9 Å². The number of aromatic nitrogens is 1. The van der Waals surface area contributed by atoms with E-state index in [9.17, 15) is 9.59 Å². The predicted octanol–water partition coefficient (Wildman–Crippen LogP) is 4.87. The molecule has 1 aliphatic carbocycles. The van der Waals surface area contributed by atoms with Gasteiger partial charge in [0.05, 0.1) is 23.3 Å². The summed E-state index contributed by atoms with van der Waals surface area (Å²) in [6, 6.07) is 8.26. The summed E-state index contributed by atoms with van der Waals surface area (Å²) in [5, 5.41) is 7.36. The van der Waals surface area contributed by atoms with Crippen LogP contribution in [0.15, 0.2) is 35.0 Å². The van der Waals surface area contributed by atoms with Crippen LogP contribution in [0.4, 0.5) is 0 Å². The number of carbonyl (C=O) groups excluding carboxylic acids is 2. The Hall–Kier alpha value is -2.12. The van der Waals surface area contributed by atoms with E-state index in [2.05, 4.69) is 12.2 Å². The molecule has 0 bridgehead atoms. The number of fused-ring (bicyclic) bond motifs is 3. The summed E-state index contributed by atoms with van der Waals surface area (Å²) in [6.45, 7) is 5.15. The summed E-state index contributed by atoms with van der Waals surface area (Å²) in [6.07, 6.45) is 4.34. The van der Waals surface area contributed by atoms with Crippen molar-refractivity contribution < 1.29 is 9.59 Å². The van der Waals surface area contributed by atoms with E-state index >= 15 is 0 Å². The molecule has 1 atom stereocenters. The van der Waals surface area contributed by atoms with E-state index in [1.54, 1.807) is 27.6 Å². The van der Waals surface area contributed by atoms with E-state index in [0.717, 1.165) is 46.7 Å². The van der Waals surface area contributed by atoms with Gasteiger partial charge in [0.25, 0.3) is 5.91 Å².